The minimum atomic E-state index is -4.88. The highest BCUT2D eigenvalue weighted by atomic mass is 31.2. The predicted octanol–water partition coefficient (Wildman–Crippen LogP) is -2.45. The SMILES string of the molecule is O=P(O)(O)OC[C@@H](O)COP(=O)(O)OC[C@@H](O)COP(=O)(O)OC[C@@H](O)COP(=O)(O)O. The van der Waals surface area contributed by atoms with Crippen LogP contribution < -0.4 is 0 Å². The Morgan fingerprint density at radius 3 is 0.812 bits per heavy atom. The molecule has 0 spiro atoms. The third-order valence-electron chi connectivity index (χ3n) is 2.59. The maximum Gasteiger partial charge on any atom is 0.472 e. The summed E-state index contributed by atoms with van der Waals surface area (Å²) < 4.78 is 69.1. The highest BCUT2D eigenvalue weighted by molar-refractivity contribution is 7.47. The monoisotopic (exact) mass is 560 g/mol. The molecule has 0 aliphatic carbocycles. The number of hydrogen-bond donors (Lipinski definition) is 9. The summed E-state index contributed by atoms with van der Waals surface area (Å²) in [5.41, 5.74) is 0. The van der Waals surface area contributed by atoms with E-state index in [-0.39, 0.29) is 0 Å². The van der Waals surface area contributed by atoms with E-state index in [2.05, 4.69) is 27.1 Å². The lowest BCUT2D eigenvalue weighted by atomic mass is 10.4. The summed E-state index contributed by atoms with van der Waals surface area (Å²) in [6.45, 7) is -5.75. The summed E-state index contributed by atoms with van der Waals surface area (Å²) in [5, 5.41) is 28.1. The Kier molecular flexibility index (Phi) is 14.2. The molecule has 9 N–H and O–H groups in total. The van der Waals surface area contributed by atoms with E-state index in [9.17, 15) is 43.4 Å². The van der Waals surface area contributed by atoms with Gasteiger partial charge in [0.15, 0.2) is 0 Å². The van der Waals surface area contributed by atoms with Gasteiger partial charge in [0.05, 0.1) is 39.6 Å². The zero-order chi connectivity index (χ0) is 25.2. The van der Waals surface area contributed by atoms with Crippen LogP contribution in [0.1, 0.15) is 0 Å². The normalized spacial score (nSPS) is 19.7. The molecular weight excluding hydrogens is 536 g/mol. The molecule has 0 radical (unpaired) electrons. The smallest absolute Gasteiger partial charge is 0.388 e. The summed E-state index contributed by atoms with van der Waals surface area (Å²) in [6, 6.07) is 0. The minimum Gasteiger partial charge on any atom is -0.388 e. The van der Waals surface area contributed by atoms with Crippen molar-refractivity contribution in [1.29, 1.82) is 0 Å². The first-order valence-electron chi connectivity index (χ1n) is 7.98. The second-order valence-corrected chi connectivity index (χ2v) is 11.0. The third-order valence-corrected chi connectivity index (χ3v) is 5.46. The Balaban J connectivity index is 4.23. The lowest BCUT2D eigenvalue weighted by Gasteiger charge is -2.19. The van der Waals surface area contributed by atoms with Crippen LogP contribution >= 0.6 is 31.3 Å². The van der Waals surface area contributed by atoms with E-state index in [1.165, 1.54) is 0 Å². The summed E-state index contributed by atoms with van der Waals surface area (Å²) >= 11 is 0. The van der Waals surface area contributed by atoms with E-state index in [1.54, 1.807) is 0 Å². The maximum atomic E-state index is 11.6. The molecule has 0 aliphatic rings. The van der Waals surface area contributed by atoms with Gasteiger partial charge in [0.2, 0.25) is 0 Å². The molecule has 0 fully saturated rings. The van der Waals surface area contributed by atoms with Crippen molar-refractivity contribution < 1.29 is 90.1 Å². The Labute approximate surface area is 180 Å². The summed E-state index contributed by atoms with van der Waals surface area (Å²) in [4.78, 5) is 52.4. The van der Waals surface area contributed by atoms with Crippen molar-refractivity contribution >= 4 is 31.3 Å². The van der Waals surface area contributed by atoms with E-state index in [0.29, 0.717) is 0 Å². The van der Waals surface area contributed by atoms with Crippen LogP contribution in [-0.2, 0) is 45.4 Å². The Bertz CT molecular complexity index is 670. The molecule has 2 unspecified atom stereocenters. The molecule has 0 saturated heterocycles. The summed E-state index contributed by atoms with van der Waals surface area (Å²) in [5.74, 6) is 0. The first-order valence-corrected chi connectivity index (χ1v) is 14.0. The first-order chi connectivity index (χ1) is 14.3. The third kappa shape index (κ3) is 19.8. The number of phosphoric ester groups is 4. The second-order valence-electron chi connectivity index (χ2n) is 5.65. The fraction of sp³-hybridized carbons (Fsp3) is 1.00. The van der Waals surface area contributed by atoms with Crippen molar-refractivity contribution in [2.45, 2.75) is 18.3 Å². The Hall–Kier alpha value is 0.320. The standard InChI is InChI=1S/C9H24O19P4/c10-7(1-23-29(13,14)15)3-25-31(19,20)27-5-9(12)6-28-32(21,22)26-4-8(11)2-24-30(16,17)18/h7-12H,1-6H2,(H,19,20)(H,21,22)(H2,13,14,15)(H2,16,17,18)/t7-,8+,9-. The molecule has 0 heterocycles. The van der Waals surface area contributed by atoms with Gasteiger partial charge in [-0.25, -0.2) is 18.3 Å². The fourth-order valence-electron chi connectivity index (χ4n) is 1.31. The van der Waals surface area contributed by atoms with Gasteiger partial charge in [0.1, 0.15) is 18.3 Å². The number of hydrogen-bond acceptors (Lipinski definition) is 13. The van der Waals surface area contributed by atoms with Crippen molar-refractivity contribution in [2.75, 3.05) is 39.6 Å². The van der Waals surface area contributed by atoms with Crippen molar-refractivity contribution in [3.8, 4) is 0 Å². The van der Waals surface area contributed by atoms with E-state index in [1.807, 2.05) is 0 Å². The molecule has 0 aromatic heterocycles. The molecule has 0 saturated carbocycles. The van der Waals surface area contributed by atoms with Crippen LogP contribution in [0, 0.1) is 0 Å². The molecule has 23 heteroatoms. The zero-order valence-electron chi connectivity index (χ0n) is 15.9. The van der Waals surface area contributed by atoms with Crippen LogP contribution in [0.4, 0.5) is 0 Å². The molecule has 0 bridgehead atoms. The molecular formula is C9H24O19P4. The van der Waals surface area contributed by atoms with Gasteiger partial charge in [-0.15, -0.1) is 0 Å². The molecule has 0 rings (SSSR count). The number of aliphatic hydroxyl groups excluding tert-OH is 3. The van der Waals surface area contributed by atoms with Crippen LogP contribution in [0.25, 0.3) is 0 Å². The number of phosphoric acid groups is 4. The van der Waals surface area contributed by atoms with Crippen LogP contribution in [-0.4, -0.2) is 103 Å². The maximum absolute atomic E-state index is 11.6. The highest BCUT2D eigenvalue weighted by Gasteiger charge is 2.28. The molecule has 194 valence electrons. The summed E-state index contributed by atoms with van der Waals surface area (Å²) in [7, 11) is -19.5. The summed E-state index contributed by atoms with van der Waals surface area (Å²) in [6.07, 6.45) is -5.23. The average molecular weight is 560 g/mol. The van der Waals surface area contributed by atoms with E-state index >= 15 is 0 Å². The molecule has 32 heavy (non-hydrogen) atoms. The number of aliphatic hydroxyl groups is 3. The highest BCUT2D eigenvalue weighted by Crippen LogP contribution is 2.45. The van der Waals surface area contributed by atoms with Crippen LogP contribution in [0.2, 0.25) is 0 Å². The van der Waals surface area contributed by atoms with Gasteiger partial charge in [0.25, 0.3) is 0 Å². The van der Waals surface area contributed by atoms with Crippen LogP contribution in [0.5, 0.6) is 0 Å². The molecule has 0 aromatic carbocycles. The lowest BCUT2D eigenvalue weighted by molar-refractivity contribution is 0.00695. The minimum absolute atomic E-state index is 0.938. The van der Waals surface area contributed by atoms with Gasteiger partial charge in [-0.05, 0) is 0 Å². The van der Waals surface area contributed by atoms with Gasteiger partial charge >= 0.3 is 31.3 Å². The molecule has 0 amide bonds. The van der Waals surface area contributed by atoms with Crippen molar-refractivity contribution in [3.05, 3.63) is 0 Å². The molecule has 0 aliphatic heterocycles. The molecule has 19 nitrogen and oxygen atoms in total. The van der Waals surface area contributed by atoms with Gasteiger partial charge in [-0.1, -0.05) is 0 Å². The number of rotatable bonds is 18. The zero-order valence-corrected chi connectivity index (χ0v) is 19.4. The van der Waals surface area contributed by atoms with Gasteiger partial charge in [0, 0.05) is 0 Å². The van der Waals surface area contributed by atoms with Crippen LogP contribution in [0.3, 0.4) is 0 Å². The largest absolute Gasteiger partial charge is 0.472 e. The van der Waals surface area contributed by atoms with Crippen LogP contribution in [0.15, 0.2) is 0 Å². The van der Waals surface area contributed by atoms with Crippen molar-refractivity contribution in [3.63, 3.8) is 0 Å². The predicted molar refractivity (Wildman–Crippen MR) is 97.5 cm³/mol. The average Bonchev–Trinajstić information content (AvgIpc) is 2.63. The Morgan fingerprint density at radius 1 is 0.438 bits per heavy atom. The Morgan fingerprint density at radius 2 is 0.625 bits per heavy atom. The molecule has 5 atom stereocenters. The lowest BCUT2D eigenvalue weighted by Crippen LogP contribution is -2.24. The topological polar surface area (TPSA) is 306 Å². The fourth-order valence-corrected chi connectivity index (χ4v) is 3.63. The van der Waals surface area contributed by atoms with E-state index in [0.717, 1.165) is 0 Å². The van der Waals surface area contributed by atoms with Gasteiger partial charge in [-0.2, -0.15) is 0 Å². The quantitative estimate of drug-likeness (QED) is 0.0786. The van der Waals surface area contributed by atoms with Crippen molar-refractivity contribution in [2.24, 2.45) is 0 Å². The van der Waals surface area contributed by atoms with Gasteiger partial charge < -0.3 is 44.7 Å². The van der Waals surface area contributed by atoms with Gasteiger partial charge in [-0.3, -0.25) is 27.1 Å². The first kappa shape index (κ1) is 32.3. The van der Waals surface area contributed by atoms with Crippen molar-refractivity contribution in [1.82, 2.24) is 0 Å². The molecule has 0 aromatic rings. The van der Waals surface area contributed by atoms with E-state index in [4.69, 9.17) is 19.6 Å². The van der Waals surface area contributed by atoms with E-state index < -0.39 is 89.2 Å². The second kappa shape index (κ2) is 14.0.